The molecule has 0 heterocycles. The molecule has 1 aromatic rings. The molecule has 0 radical (unpaired) electrons. The van der Waals surface area contributed by atoms with Crippen LogP contribution in [0.1, 0.15) is 58.4 Å². The Morgan fingerprint density at radius 3 is 2.42 bits per heavy atom. The van der Waals surface area contributed by atoms with Gasteiger partial charge in [-0.3, -0.25) is 0 Å². The summed E-state index contributed by atoms with van der Waals surface area (Å²) in [7, 11) is 0. The third kappa shape index (κ3) is 5.77. The van der Waals surface area contributed by atoms with Crippen LogP contribution in [-0.4, -0.2) is 0 Å². The van der Waals surface area contributed by atoms with Crippen molar-refractivity contribution in [3.05, 3.63) is 58.8 Å². The standard InChI is InChI=1S/C19H26/c1-4-7-14-19(18(6-3)11-5-2)16-15-17-12-9-8-10-13-17/h8-13,15H,4-7,14H2,1-3H3/b18-11+. The molecule has 0 spiro atoms. The third-order valence-corrected chi connectivity index (χ3v) is 3.21. The lowest BCUT2D eigenvalue weighted by atomic mass is 9.97. The van der Waals surface area contributed by atoms with Crippen molar-refractivity contribution in [2.75, 3.05) is 0 Å². The molecule has 0 saturated heterocycles. The van der Waals surface area contributed by atoms with E-state index in [1.807, 2.05) is 6.07 Å². The van der Waals surface area contributed by atoms with Crippen LogP contribution < -0.4 is 0 Å². The zero-order valence-corrected chi connectivity index (χ0v) is 12.6. The van der Waals surface area contributed by atoms with Crippen LogP contribution in [0.4, 0.5) is 0 Å². The van der Waals surface area contributed by atoms with E-state index in [0.29, 0.717) is 0 Å². The first kappa shape index (κ1) is 15.5. The molecule has 0 N–H and O–H groups in total. The van der Waals surface area contributed by atoms with E-state index in [9.17, 15) is 0 Å². The minimum Gasteiger partial charge on any atom is -0.116 e. The molecule has 0 nitrogen and oxygen atoms in total. The Kier molecular flexibility index (Phi) is 7.70. The molecule has 0 heteroatoms. The van der Waals surface area contributed by atoms with Crippen molar-refractivity contribution in [1.82, 2.24) is 0 Å². The van der Waals surface area contributed by atoms with Gasteiger partial charge in [0.05, 0.1) is 0 Å². The van der Waals surface area contributed by atoms with Gasteiger partial charge in [-0.05, 0) is 48.5 Å². The van der Waals surface area contributed by atoms with Crippen LogP contribution in [0.15, 0.2) is 53.3 Å². The van der Waals surface area contributed by atoms with Crippen LogP contribution in [-0.2, 0) is 0 Å². The Labute approximate surface area is 118 Å². The van der Waals surface area contributed by atoms with Gasteiger partial charge in [0, 0.05) is 0 Å². The maximum atomic E-state index is 3.53. The summed E-state index contributed by atoms with van der Waals surface area (Å²) in [5.74, 6) is 0. The van der Waals surface area contributed by atoms with E-state index in [2.05, 4.69) is 62.9 Å². The Hall–Kier alpha value is -1.52. The van der Waals surface area contributed by atoms with Crippen molar-refractivity contribution in [3.63, 3.8) is 0 Å². The molecule has 1 rings (SSSR count). The van der Waals surface area contributed by atoms with Crippen LogP contribution in [0.2, 0.25) is 0 Å². The maximum Gasteiger partial charge on any atom is -0.00314 e. The lowest BCUT2D eigenvalue weighted by Crippen LogP contribution is -1.88. The van der Waals surface area contributed by atoms with E-state index in [1.54, 1.807) is 0 Å². The first-order valence-electron chi connectivity index (χ1n) is 7.51. The monoisotopic (exact) mass is 254 g/mol. The highest BCUT2D eigenvalue weighted by Gasteiger charge is 2.01. The lowest BCUT2D eigenvalue weighted by Gasteiger charge is -2.07. The van der Waals surface area contributed by atoms with Gasteiger partial charge in [0.15, 0.2) is 0 Å². The number of allylic oxidation sites excluding steroid dienone is 3. The second-order valence-corrected chi connectivity index (χ2v) is 4.77. The average molecular weight is 254 g/mol. The molecule has 0 aliphatic rings. The van der Waals surface area contributed by atoms with E-state index in [0.717, 1.165) is 19.3 Å². The first-order valence-corrected chi connectivity index (χ1v) is 7.51. The molecular weight excluding hydrogens is 228 g/mol. The highest BCUT2D eigenvalue weighted by molar-refractivity contribution is 5.50. The second kappa shape index (κ2) is 9.42. The molecule has 0 atom stereocenters. The van der Waals surface area contributed by atoms with Crippen molar-refractivity contribution in [3.8, 4) is 0 Å². The van der Waals surface area contributed by atoms with Gasteiger partial charge in [-0.2, -0.15) is 0 Å². The molecule has 0 fully saturated rings. The summed E-state index contributed by atoms with van der Waals surface area (Å²) >= 11 is 0. The van der Waals surface area contributed by atoms with Crippen molar-refractivity contribution in [1.29, 1.82) is 0 Å². The molecule has 0 bridgehead atoms. The van der Waals surface area contributed by atoms with E-state index in [4.69, 9.17) is 0 Å². The van der Waals surface area contributed by atoms with Crippen LogP contribution in [0.25, 0.3) is 6.08 Å². The summed E-state index contributed by atoms with van der Waals surface area (Å²) < 4.78 is 0. The highest BCUT2D eigenvalue weighted by atomic mass is 14.1. The quantitative estimate of drug-likeness (QED) is 0.403. The third-order valence-electron chi connectivity index (χ3n) is 3.21. The van der Waals surface area contributed by atoms with Crippen LogP contribution in [0.3, 0.4) is 0 Å². The molecule has 0 saturated carbocycles. The number of hydrogen-bond donors (Lipinski definition) is 0. The molecule has 1 aromatic carbocycles. The summed E-state index contributed by atoms with van der Waals surface area (Å²) in [6.45, 7) is 6.68. The summed E-state index contributed by atoms with van der Waals surface area (Å²) in [4.78, 5) is 0. The predicted octanol–water partition coefficient (Wildman–Crippen LogP) is 6.16. The minimum absolute atomic E-state index is 1.10. The highest BCUT2D eigenvalue weighted by Crippen LogP contribution is 2.20. The van der Waals surface area contributed by atoms with Gasteiger partial charge in [-0.25, -0.2) is 0 Å². The van der Waals surface area contributed by atoms with E-state index >= 15 is 0 Å². The topological polar surface area (TPSA) is 0 Å². The van der Waals surface area contributed by atoms with Crippen molar-refractivity contribution >= 4 is 6.08 Å². The first-order chi connectivity index (χ1) is 9.31. The van der Waals surface area contributed by atoms with Gasteiger partial charge in [0.25, 0.3) is 0 Å². The van der Waals surface area contributed by atoms with Gasteiger partial charge in [0.1, 0.15) is 0 Å². The van der Waals surface area contributed by atoms with E-state index < -0.39 is 0 Å². The van der Waals surface area contributed by atoms with E-state index in [1.165, 1.54) is 29.6 Å². The zero-order valence-electron chi connectivity index (χ0n) is 12.6. The summed E-state index contributed by atoms with van der Waals surface area (Å²) in [6, 6.07) is 10.4. The summed E-state index contributed by atoms with van der Waals surface area (Å²) in [5, 5.41) is 0. The number of rotatable bonds is 7. The fourth-order valence-electron chi connectivity index (χ4n) is 2.13. The fraction of sp³-hybridized carbons (Fsp3) is 0.421. The molecule has 0 aliphatic heterocycles. The Balaban J connectivity index is 3.01. The van der Waals surface area contributed by atoms with Crippen LogP contribution >= 0.6 is 0 Å². The molecule has 102 valence electrons. The molecule has 19 heavy (non-hydrogen) atoms. The largest absolute Gasteiger partial charge is 0.116 e. The molecular formula is C19H26. The Morgan fingerprint density at radius 2 is 1.84 bits per heavy atom. The zero-order chi connectivity index (χ0) is 13.9. The van der Waals surface area contributed by atoms with E-state index in [-0.39, 0.29) is 0 Å². The molecule has 0 aromatic heterocycles. The van der Waals surface area contributed by atoms with Gasteiger partial charge in [-0.1, -0.05) is 63.6 Å². The number of benzene rings is 1. The normalized spacial score (nSPS) is 11.0. The van der Waals surface area contributed by atoms with Crippen molar-refractivity contribution < 1.29 is 0 Å². The maximum absolute atomic E-state index is 3.53. The van der Waals surface area contributed by atoms with Crippen molar-refractivity contribution in [2.45, 2.75) is 52.9 Å². The average Bonchev–Trinajstić information content (AvgIpc) is 2.46. The molecule has 0 aliphatic carbocycles. The number of unbranched alkanes of at least 4 members (excludes halogenated alkanes) is 1. The van der Waals surface area contributed by atoms with Gasteiger partial charge >= 0.3 is 0 Å². The second-order valence-electron chi connectivity index (χ2n) is 4.77. The fourth-order valence-corrected chi connectivity index (χ4v) is 2.13. The Bertz CT molecular complexity index is 442. The van der Waals surface area contributed by atoms with Crippen LogP contribution in [0, 0.1) is 0 Å². The minimum atomic E-state index is 1.10. The van der Waals surface area contributed by atoms with Gasteiger partial charge in [0.2, 0.25) is 0 Å². The lowest BCUT2D eigenvalue weighted by molar-refractivity contribution is 0.785. The van der Waals surface area contributed by atoms with Gasteiger partial charge in [-0.15, -0.1) is 5.73 Å². The van der Waals surface area contributed by atoms with Gasteiger partial charge < -0.3 is 0 Å². The molecule has 0 amide bonds. The Morgan fingerprint density at radius 1 is 1.11 bits per heavy atom. The molecule has 0 unspecified atom stereocenters. The van der Waals surface area contributed by atoms with Crippen LogP contribution in [0.5, 0.6) is 0 Å². The number of hydrogen-bond acceptors (Lipinski definition) is 0. The smallest absolute Gasteiger partial charge is 0.00314 e. The van der Waals surface area contributed by atoms with Crippen molar-refractivity contribution in [2.24, 2.45) is 0 Å². The SMILES string of the molecule is CC/C=C(\CC)C(=C=Cc1ccccc1)CCCC. The summed E-state index contributed by atoms with van der Waals surface area (Å²) in [5.41, 5.74) is 7.60. The summed E-state index contributed by atoms with van der Waals surface area (Å²) in [6.07, 6.45) is 10.3. The predicted molar refractivity (Wildman–Crippen MR) is 86.1 cm³/mol.